The normalized spacial score (nSPS) is 31.1. The van der Waals surface area contributed by atoms with E-state index in [1.165, 1.54) is 0 Å². The zero-order chi connectivity index (χ0) is 15.0. The quantitative estimate of drug-likeness (QED) is 0.382. The van der Waals surface area contributed by atoms with Gasteiger partial charge in [-0.3, -0.25) is 19.1 Å². The number of rotatable bonds is 3. The molecule has 10 nitrogen and oxygen atoms in total. The number of H-pyrrole nitrogens is 1. The van der Waals surface area contributed by atoms with Crippen molar-refractivity contribution in [3.05, 3.63) is 33.1 Å². The van der Waals surface area contributed by atoms with E-state index in [0.29, 0.717) is 0 Å². The second kappa shape index (κ2) is 5.17. The van der Waals surface area contributed by atoms with E-state index in [1.807, 2.05) is 4.98 Å². The van der Waals surface area contributed by atoms with Gasteiger partial charge in [0.05, 0.1) is 0 Å². The third-order valence-electron chi connectivity index (χ3n) is 3.04. The number of nitrogens with one attached hydrogen (secondary N) is 1. The monoisotopic (exact) mass is 287 g/mol. The molecule has 20 heavy (non-hydrogen) atoms. The van der Waals surface area contributed by atoms with Crippen molar-refractivity contribution in [2.75, 3.05) is 0 Å². The van der Waals surface area contributed by atoms with E-state index < -0.39 is 47.8 Å². The molecule has 6 N–H and O–H groups in total. The van der Waals surface area contributed by atoms with Gasteiger partial charge in [0, 0.05) is 12.3 Å². The van der Waals surface area contributed by atoms with Gasteiger partial charge in [0.15, 0.2) is 6.23 Å². The number of aromatic amines is 1. The number of aromatic nitrogens is 2. The molecular formula is C10H13N3O7. The Kier molecular flexibility index (Phi) is 3.72. The number of nitrogens with zero attached hydrogens (tertiary/aromatic N) is 1. The summed E-state index contributed by atoms with van der Waals surface area (Å²) in [5.41, 5.74) is 3.83. The van der Waals surface area contributed by atoms with Gasteiger partial charge in [-0.1, -0.05) is 0 Å². The molecule has 0 aromatic carbocycles. The SMILES string of the molecule is N[C@@H](C(=O)O)[C@H]1O[C@@H](n2ccc(=O)[nH]c2=O)[C@H](O)[C@@H]1O. The van der Waals surface area contributed by atoms with E-state index in [4.69, 9.17) is 15.6 Å². The zero-order valence-corrected chi connectivity index (χ0v) is 10.0. The van der Waals surface area contributed by atoms with Crippen molar-refractivity contribution >= 4 is 5.97 Å². The number of ether oxygens (including phenoxy) is 1. The number of nitrogens with two attached hydrogens (primary N) is 1. The largest absolute Gasteiger partial charge is 0.480 e. The highest BCUT2D eigenvalue weighted by Crippen LogP contribution is 2.29. The number of carboxylic acids is 1. The van der Waals surface area contributed by atoms with Crippen LogP contribution in [-0.2, 0) is 9.53 Å². The van der Waals surface area contributed by atoms with E-state index in [-0.39, 0.29) is 0 Å². The molecule has 0 radical (unpaired) electrons. The van der Waals surface area contributed by atoms with Gasteiger partial charge in [-0.25, -0.2) is 4.79 Å². The van der Waals surface area contributed by atoms with Crippen molar-refractivity contribution < 1.29 is 24.9 Å². The van der Waals surface area contributed by atoms with Gasteiger partial charge >= 0.3 is 11.7 Å². The summed E-state index contributed by atoms with van der Waals surface area (Å²) in [5, 5.41) is 28.4. The van der Waals surface area contributed by atoms with Crippen LogP contribution in [0.15, 0.2) is 21.9 Å². The van der Waals surface area contributed by atoms with Crippen LogP contribution in [-0.4, -0.2) is 55.2 Å². The lowest BCUT2D eigenvalue weighted by atomic mass is 10.0. The molecule has 2 heterocycles. The van der Waals surface area contributed by atoms with Crippen LogP contribution in [0.4, 0.5) is 0 Å². The van der Waals surface area contributed by atoms with Crippen molar-refractivity contribution in [2.24, 2.45) is 5.73 Å². The fourth-order valence-corrected chi connectivity index (χ4v) is 1.98. The Morgan fingerprint density at radius 1 is 1.40 bits per heavy atom. The first-order valence-corrected chi connectivity index (χ1v) is 5.64. The van der Waals surface area contributed by atoms with Crippen LogP contribution in [0.1, 0.15) is 6.23 Å². The Bertz CT molecular complexity index is 624. The molecule has 110 valence electrons. The minimum absolute atomic E-state index is 0.641. The highest BCUT2D eigenvalue weighted by Gasteiger charge is 2.48. The molecular weight excluding hydrogens is 274 g/mol. The molecule has 0 bridgehead atoms. The van der Waals surface area contributed by atoms with Crippen LogP contribution in [0.3, 0.4) is 0 Å². The van der Waals surface area contributed by atoms with Crippen LogP contribution < -0.4 is 17.0 Å². The molecule has 10 heteroatoms. The van der Waals surface area contributed by atoms with Crippen LogP contribution in [0.2, 0.25) is 0 Å². The number of aliphatic carboxylic acids is 1. The number of aliphatic hydroxyl groups is 2. The van der Waals surface area contributed by atoms with Gasteiger partial charge in [0.1, 0.15) is 24.4 Å². The molecule has 0 spiro atoms. The molecule has 2 rings (SSSR count). The first kappa shape index (κ1) is 14.4. The lowest BCUT2D eigenvalue weighted by Gasteiger charge is -2.18. The highest BCUT2D eigenvalue weighted by molar-refractivity contribution is 5.74. The summed E-state index contributed by atoms with van der Waals surface area (Å²) in [6.45, 7) is 0. The Morgan fingerprint density at radius 2 is 2.05 bits per heavy atom. The molecule has 5 atom stereocenters. The summed E-state index contributed by atoms with van der Waals surface area (Å²) >= 11 is 0. The van der Waals surface area contributed by atoms with Gasteiger partial charge in [-0.15, -0.1) is 0 Å². The summed E-state index contributed by atoms with van der Waals surface area (Å²) in [6, 6.07) is -0.544. The second-order valence-electron chi connectivity index (χ2n) is 4.35. The number of carboxylic acid groups (broad SMARTS) is 1. The van der Waals surface area contributed by atoms with E-state index >= 15 is 0 Å². The molecule has 1 aliphatic heterocycles. The number of hydrogen-bond donors (Lipinski definition) is 5. The van der Waals surface area contributed by atoms with E-state index in [1.54, 1.807) is 0 Å². The Labute approximate surface area is 111 Å². The fourth-order valence-electron chi connectivity index (χ4n) is 1.98. The second-order valence-corrected chi connectivity index (χ2v) is 4.35. The molecule has 0 unspecified atom stereocenters. The van der Waals surface area contributed by atoms with Gasteiger partial charge in [-0.2, -0.15) is 0 Å². The van der Waals surface area contributed by atoms with Crippen molar-refractivity contribution in [1.29, 1.82) is 0 Å². The number of aliphatic hydroxyl groups excluding tert-OH is 2. The molecule has 0 amide bonds. The Balaban J connectivity index is 2.33. The predicted molar refractivity (Wildman–Crippen MR) is 62.9 cm³/mol. The summed E-state index contributed by atoms with van der Waals surface area (Å²) < 4.78 is 5.99. The van der Waals surface area contributed by atoms with Crippen LogP contribution in [0, 0.1) is 0 Å². The topological polar surface area (TPSA) is 168 Å². The summed E-state index contributed by atoms with van der Waals surface area (Å²) in [5.74, 6) is -1.42. The molecule has 1 saturated heterocycles. The third kappa shape index (κ3) is 2.36. The van der Waals surface area contributed by atoms with Gasteiger partial charge in [0.25, 0.3) is 5.56 Å². The van der Waals surface area contributed by atoms with Crippen LogP contribution in [0.5, 0.6) is 0 Å². The molecule has 1 aromatic rings. The lowest BCUT2D eigenvalue weighted by molar-refractivity contribution is -0.144. The van der Waals surface area contributed by atoms with Crippen molar-refractivity contribution in [1.82, 2.24) is 9.55 Å². The molecule has 1 aromatic heterocycles. The minimum Gasteiger partial charge on any atom is -0.480 e. The zero-order valence-electron chi connectivity index (χ0n) is 10.0. The Morgan fingerprint density at radius 3 is 2.60 bits per heavy atom. The summed E-state index contributed by atoms with van der Waals surface area (Å²) in [6.07, 6.45) is -4.80. The number of hydrogen-bond acceptors (Lipinski definition) is 7. The minimum atomic E-state index is -1.58. The molecule has 1 aliphatic rings. The van der Waals surface area contributed by atoms with Crippen LogP contribution in [0.25, 0.3) is 0 Å². The predicted octanol–water partition coefficient (Wildman–Crippen LogP) is -3.43. The average molecular weight is 287 g/mol. The Hall–Kier alpha value is -2.01. The van der Waals surface area contributed by atoms with Gasteiger partial charge < -0.3 is 25.8 Å². The van der Waals surface area contributed by atoms with E-state index in [0.717, 1.165) is 16.8 Å². The highest BCUT2D eigenvalue weighted by atomic mass is 16.6. The van der Waals surface area contributed by atoms with Gasteiger partial charge in [-0.05, 0) is 0 Å². The van der Waals surface area contributed by atoms with Crippen LogP contribution >= 0.6 is 0 Å². The smallest absolute Gasteiger partial charge is 0.330 e. The standard InChI is InChI=1S/C10H13N3O7/c11-4(9(17)18)7-5(15)6(16)8(20-7)13-2-1-3(14)12-10(13)19/h1-2,4-8,15-16H,11H2,(H,17,18)(H,12,14,19)/t4-,5+,6-,7-,8-/m1/s1. The summed E-state index contributed by atoms with van der Waals surface area (Å²) in [7, 11) is 0. The molecule has 0 saturated carbocycles. The van der Waals surface area contributed by atoms with Gasteiger partial charge in [0.2, 0.25) is 0 Å². The average Bonchev–Trinajstić information content (AvgIpc) is 2.66. The third-order valence-corrected chi connectivity index (χ3v) is 3.04. The van der Waals surface area contributed by atoms with E-state index in [2.05, 4.69) is 0 Å². The maximum absolute atomic E-state index is 11.6. The molecule has 1 fully saturated rings. The lowest BCUT2D eigenvalue weighted by Crippen LogP contribution is -2.48. The first-order chi connectivity index (χ1) is 9.32. The number of carbonyl (C=O) groups is 1. The maximum Gasteiger partial charge on any atom is 0.330 e. The van der Waals surface area contributed by atoms with Crippen molar-refractivity contribution in [2.45, 2.75) is 30.6 Å². The fraction of sp³-hybridized carbons (Fsp3) is 0.500. The maximum atomic E-state index is 11.6. The van der Waals surface area contributed by atoms with Crippen molar-refractivity contribution in [3.8, 4) is 0 Å². The van der Waals surface area contributed by atoms with E-state index in [9.17, 15) is 24.6 Å². The first-order valence-electron chi connectivity index (χ1n) is 5.64. The summed E-state index contributed by atoms with van der Waals surface area (Å²) in [4.78, 5) is 35.3. The molecule has 0 aliphatic carbocycles. The van der Waals surface area contributed by atoms with Crippen molar-refractivity contribution in [3.63, 3.8) is 0 Å².